The van der Waals surface area contributed by atoms with E-state index in [-0.39, 0.29) is 5.97 Å². The van der Waals surface area contributed by atoms with Crippen LogP contribution < -0.4 is 0 Å². The number of hydrogen-bond donors (Lipinski definition) is 0. The van der Waals surface area contributed by atoms with E-state index in [0.717, 1.165) is 11.1 Å². The maximum absolute atomic E-state index is 12.0. The third kappa shape index (κ3) is 2.42. The molecule has 0 fully saturated rings. The molecule has 0 aromatic heterocycles. The molecule has 0 N–H and O–H groups in total. The van der Waals surface area contributed by atoms with E-state index in [2.05, 4.69) is 0 Å². The molecule has 106 valence electrons. The molecule has 3 rings (SSSR count). The molecule has 1 heterocycles. The van der Waals surface area contributed by atoms with Gasteiger partial charge in [0.15, 0.2) is 5.60 Å². The van der Waals surface area contributed by atoms with E-state index in [1.165, 1.54) is 6.08 Å². The molecule has 1 aliphatic heterocycles. The normalized spacial score (nSPS) is 16.8. The Labute approximate surface area is 123 Å². The molecular weight excluding hydrogens is 264 g/mol. The van der Waals surface area contributed by atoms with Crippen molar-refractivity contribution < 1.29 is 14.3 Å². The Hall–Kier alpha value is -2.55. The van der Waals surface area contributed by atoms with Crippen LogP contribution >= 0.6 is 0 Å². The highest BCUT2D eigenvalue weighted by Crippen LogP contribution is 2.41. The van der Waals surface area contributed by atoms with Gasteiger partial charge in [-0.2, -0.15) is 0 Å². The Kier molecular flexibility index (Phi) is 3.48. The van der Waals surface area contributed by atoms with E-state index in [1.54, 1.807) is 7.11 Å². The van der Waals surface area contributed by atoms with Gasteiger partial charge in [-0.25, -0.2) is 4.79 Å². The van der Waals surface area contributed by atoms with E-state index < -0.39 is 5.60 Å². The summed E-state index contributed by atoms with van der Waals surface area (Å²) in [5.41, 5.74) is 1.04. The topological polar surface area (TPSA) is 35.5 Å². The van der Waals surface area contributed by atoms with Gasteiger partial charge in [-0.3, -0.25) is 0 Å². The molecular formula is C18H16O3. The van der Waals surface area contributed by atoms with Gasteiger partial charge in [0.25, 0.3) is 0 Å². The Morgan fingerprint density at radius 2 is 1.48 bits per heavy atom. The lowest BCUT2D eigenvalue weighted by Crippen LogP contribution is -2.37. The van der Waals surface area contributed by atoms with Crippen LogP contribution in [0.1, 0.15) is 17.5 Å². The number of carbonyl (C=O) groups is 1. The summed E-state index contributed by atoms with van der Waals surface area (Å²) in [6.45, 7) is 0. The molecule has 0 amide bonds. The molecule has 0 bridgehead atoms. The summed E-state index contributed by atoms with van der Waals surface area (Å²) in [6.07, 6.45) is 1.90. The Bertz CT molecular complexity index is 620. The molecule has 0 spiro atoms. The summed E-state index contributed by atoms with van der Waals surface area (Å²) in [7, 11) is 1.57. The van der Waals surface area contributed by atoms with Crippen molar-refractivity contribution in [3.63, 3.8) is 0 Å². The SMILES string of the molecule is COC1=CC(=O)OC(c2ccccc2)(c2ccccc2)C1. The minimum absolute atomic E-state index is 0.384. The molecule has 3 heteroatoms. The van der Waals surface area contributed by atoms with Gasteiger partial charge in [0.05, 0.1) is 19.6 Å². The standard InChI is InChI=1S/C18H16O3/c1-20-16-12-17(19)21-18(13-16,14-8-4-2-5-9-14)15-10-6-3-7-11-15/h2-12H,13H2,1H3. The first-order chi connectivity index (χ1) is 10.2. The molecule has 0 saturated carbocycles. The van der Waals surface area contributed by atoms with Gasteiger partial charge >= 0.3 is 5.97 Å². The summed E-state index contributed by atoms with van der Waals surface area (Å²) < 4.78 is 11.1. The predicted octanol–water partition coefficient (Wildman–Crippen LogP) is 3.41. The lowest BCUT2D eigenvalue weighted by Gasteiger charge is -2.37. The highest BCUT2D eigenvalue weighted by molar-refractivity contribution is 5.84. The fraction of sp³-hybridized carbons (Fsp3) is 0.167. The second kappa shape index (κ2) is 5.44. The van der Waals surface area contributed by atoms with E-state index in [0.29, 0.717) is 12.2 Å². The van der Waals surface area contributed by atoms with Crippen molar-refractivity contribution in [1.29, 1.82) is 0 Å². The first-order valence-electron chi connectivity index (χ1n) is 6.83. The van der Waals surface area contributed by atoms with Gasteiger partial charge in [-0.1, -0.05) is 60.7 Å². The zero-order chi connectivity index (χ0) is 14.7. The molecule has 0 atom stereocenters. The first-order valence-corrected chi connectivity index (χ1v) is 6.83. The van der Waals surface area contributed by atoms with Gasteiger partial charge in [0.2, 0.25) is 0 Å². The lowest BCUT2D eigenvalue weighted by atomic mass is 9.81. The molecule has 0 aliphatic carbocycles. The number of ether oxygens (including phenoxy) is 2. The van der Waals surface area contributed by atoms with Crippen LogP contribution in [0, 0.1) is 0 Å². The number of hydrogen-bond acceptors (Lipinski definition) is 3. The van der Waals surface area contributed by atoms with Crippen LogP contribution in [0.4, 0.5) is 0 Å². The van der Waals surface area contributed by atoms with E-state index in [4.69, 9.17) is 9.47 Å². The fourth-order valence-corrected chi connectivity index (χ4v) is 2.70. The van der Waals surface area contributed by atoms with E-state index in [9.17, 15) is 4.79 Å². The zero-order valence-corrected chi connectivity index (χ0v) is 11.8. The first kappa shape index (κ1) is 13.4. The molecule has 2 aromatic rings. The number of esters is 1. The molecule has 1 aliphatic rings. The maximum Gasteiger partial charge on any atom is 0.335 e. The Balaban J connectivity index is 2.17. The third-order valence-corrected chi connectivity index (χ3v) is 3.72. The van der Waals surface area contributed by atoms with E-state index >= 15 is 0 Å². The monoisotopic (exact) mass is 280 g/mol. The number of rotatable bonds is 3. The summed E-state index contributed by atoms with van der Waals surface area (Å²) in [6, 6.07) is 19.5. The number of carbonyl (C=O) groups excluding carboxylic acids is 1. The summed E-state index contributed by atoms with van der Waals surface area (Å²) >= 11 is 0. The van der Waals surface area contributed by atoms with Crippen LogP contribution in [0.5, 0.6) is 0 Å². The molecule has 2 aromatic carbocycles. The minimum Gasteiger partial charge on any atom is -0.501 e. The van der Waals surface area contributed by atoms with Crippen molar-refractivity contribution >= 4 is 5.97 Å². The van der Waals surface area contributed by atoms with Gasteiger partial charge in [0, 0.05) is 11.1 Å². The Morgan fingerprint density at radius 3 is 1.95 bits per heavy atom. The van der Waals surface area contributed by atoms with Crippen LogP contribution in [-0.2, 0) is 19.9 Å². The second-order valence-electron chi connectivity index (χ2n) is 4.97. The highest BCUT2D eigenvalue weighted by Gasteiger charge is 2.42. The van der Waals surface area contributed by atoms with Crippen molar-refractivity contribution in [2.24, 2.45) is 0 Å². The van der Waals surface area contributed by atoms with Crippen molar-refractivity contribution in [2.75, 3.05) is 7.11 Å². The molecule has 0 unspecified atom stereocenters. The summed E-state index contributed by atoms with van der Waals surface area (Å²) in [5.74, 6) is 0.241. The molecule has 21 heavy (non-hydrogen) atoms. The molecule has 3 nitrogen and oxygen atoms in total. The van der Waals surface area contributed by atoms with Gasteiger partial charge in [0.1, 0.15) is 5.76 Å². The van der Waals surface area contributed by atoms with Crippen molar-refractivity contribution in [1.82, 2.24) is 0 Å². The average Bonchev–Trinajstić information content (AvgIpc) is 2.55. The Morgan fingerprint density at radius 1 is 0.952 bits per heavy atom. The van der Waals surface area contributed by atoms with Gasteiger partial charge in [-0.05, 0) is 0 Å². The minimum atomic E-state index is -0.834. The van der Waals surface area contributed by atoms with Crippen LogP contribution in [0.2, 0.25) is 0 Å². The molecule has 0 saturated heterocycles. The summed E-state index contributed by atoms with van der Waals surface area (Å²) in [5, 5.41) is 0. The third-order valence-electron chi connectivity index (χ3n) is 3.72. The largest absolute Gasteiger partial charge is 0.501 e. The van der Waals surface area contributed by atoms with Gasteiger partial charge < -0.3 is 9.47 Å². The quantitative estimate of drug-likeness (QED) is 0.808. The van der Waals surface area contributed by atoms with E-state index in [1.807, 2.05) is 60.7 Å². The number of methoxy groups -OCH3 is 1. The highest BCUT2D eigenvalue weighted by atomic mass is 16.6. The summed E-state index contributed by atoms with van der Waals surface area (Å²) in [4.78, 5) is 12.0. The molecule has 0 radical (unpaired) electrons. The lowest BCUT2D eigenvalue weighted by molar-refractivity contribution is -0.153. The zero-order valence-electron chi connectivity index (χ0n) is 11.8. The predicted molar refractivity (Wildman–Crippen MR) is 79.5 cm³/mol. The van der Waals surface area contributed by atoms with Crippen LogP contribution in [0.25, 0.3) is 0 Å². The maximum atomic E-state index is 12.0. The van der Waals surface area contributed by atoms with Crippen LogP contribution in [0.3, 0.4) is 0 Å². The second-order valence-corrected chi connectivity index (χ2v) is 4.97. The average molecular weight is 280 g/mol. The van der Waals surface area contributed by atoms with Crippen LogP contribution in [0.15, 0.2) is 72.5 Å². The fourth-order valence-electron chi connectivity index (χ4n) is 2.70. The smallest absolute Gasteiger partial charge is 0.335 e. The number of benzene rings is 2. The van der Waals surface area contributed by atoms with Gasteiger partial charge in [-0.15, -0.1) is 0 Å². The van der Waals surface area contributed by atoms with Crippen molar-refractivity contribution in [3.8, 4) is 0 Å². The number of cyclic esters (lactones) is 1. The van der Waals surface area contributed by atoms with Crippen molar-refractivity contribution in [3.05, 3.63) is 83.6 Å². The van der Waals surface area contributed by atoms with Crippen molar-refractivity contribution in [2.45, 2.75) is 12.0 Å². The van der Waals surface area contributed by atoms with Crippen LogP contribution in [-0.4, -0.2) is 13.1 Å².